The maximum Gasteiger partial charge on any atom is 0.151 e. The Kier molecular flexibility index (Phi) is 5.54. The van der Waals surface area contributed by atoms with E-state index in [4.69, 9.17) is 16.6 Å². The third-order valence-electron chi connectivity index (χ3n) is 6.27. The molecule has 0 saturated heterocycles. The van der Waals surface area contributed by atoms with E-state index in [2.05, 4.69) is 25.6 Å². The predicted octanol–water partition coefficient (Wildman–Crippen LogP) is 5.16. The van der Waals surface area contributed by atoms with E-state index in [1.807, 2.05) is 41.3 Å². The summed E-state index contributed by atoms with van der Waals surface area (Å²) in [5.41, 5.74) is 4.32. The van der Waals surface area contributed by atoms with Crippen molar-refractivity contribution in [2.45, 2.75) is 25.3 Å². The summed E-state index contributed by atoms with van der Waals surface area (Å²) in [4.78, 5) is 8.84. The monoisotopic (exact) mass is 486 g/mol. The predicted molar refractivity (Wildman–Crippen MR) is 128 cm³/mol. The van der Waals surface area contributed by atoms with Crippen LogP contribution in [0.3, 0.4) is 0 Å². The number of pyridine rings is 2. The quantitative estimate of drug-likeness (QED) is 0.315. The van der Waals surface area contributed by atoms with E-state index in [9.17, 15) is 0 Å². The van der Waals surface area contributed by atoms with Crippen LogP contribution >= 0.6 is 11.6 Å². The number of aromatic nitrogens is 8. The molecule has 4 aromatic heterocycles. The van der Waals surface area contributed by atoms with Gasteiger partial charge in [-0.2, -0.15) is 9.78 Å². The molecule has 4 heterocycles. The highest BCUT2D eigenvalue weighted by molar-refractivity contribution is 6.31. The van der Waals surface area contributed by atoms with Crippen LogP contribution < -0.4 is 0 Å². The van der Waals surface area contributed by atoms with Gasteiger partial charge in [-0.15, -0.1) is 5.10 Å². The van der Waals surface area contributed by atoms with Crippen molar-refractivity contribution in [2.75, 3.05) is 0 Å². The highest BCUT2D eigenvalue weighted by Gasteiger charge is 2.29. The van der Waals surface area contributed by atoms with Crippen molar-refractivity contribution in [1.82, 2.24) is 40.0 Å². The van der Waals surface area contributed by atoms with Gasteiger partial charge in [0.2, 0.25) is 0 Å². The minimum absolute atomic E-state index is 0.0182. The molecule has 0 spiro atoms. The Morgan fingerprint density at radius 1 is 1.00 bits per heavy atom. The van der Waals surface area contributed by atoms with Crippen LogP contribution in [0, 0.1) is 11.7 Å². The van der Waals surface area contributed by atoms with Crippen molar-refractivity contribution in [2.24, 2.45) is 5.92 Å². The highest BCUT2D eigenvalue weighted by Crippen LogP contribution is 2.40. The second kappa shape index (κ2) is 8.99. The number of halogens is 2. The molecule has 1 unspecified atom stereocenters. The molecular weight excluding hydrogens is 467 g/mol. The molecule has 0 amide bonds. The average Bonchev–Trinajstić information content (AvgIpc) is 3.33. The molecule has 6 rings (SSSR count). The number of hydrogen-bond acceptors (Lipinski definition) is 6. The minimum atomic E-state index is -0.544. The van der Waals surface area contributed by atoms with Gasteiger partial charge in [-0.05, 0) is 58.7 Å². The zero-order chi connectivity index (χ0) is 23.8. The second-order valence-corrected chi connectivity index (χ2v) is 9.03. The van der Waals surface area contributed by atoms with Crippen LogP contribution in [0.1, 0.15) is 31.0 Å². The van der Waals surface area contributed by atoms with E-state index in [1.165, 1.54) is 29.9 Å². The topological polar surface area (TPSA) is 87.2 Å². The first kappa shape index (κ1) is 21.5. The molecule has 8 nitrogen and oxygen atoms in total. The molecular formula is C25H20ClFN8. The molecule has 1 aliphatic carbocycles. The minimum Gasteiger partial charge on any atom is -0.265 e. The zero-order valence-electron chi connectivity index (χ0n) is 18.5. The lowest BCUT2D eigenvalue weighted by Gasteiger charge is -2.18. The first-order chi connectivity index (χ1) is 17.2. The number of hydrogen-bond donors (Lipinski definition) is 0. The summed E-state index contributed by atoms with van der Waals surface area (Å²) in [7, 11) is 0. The number of nitrogens with zero attached hydrogens (tertiary/aromatic N) is 8. The molecule has 174 valence electrons. The van der Waals surface area contributed by atoms with E-state index < -0.39 is 5.82 Å². The molecule has 1 atom stereocenters. The van der Waals surface area contributed by atoms with Crippen LogP contribution in [-0.4, -0.2) is 40.0 Å². The summed E-state index contributed by atoms with van der Waals surface area (Å²) < 4.78 is 18.5. The number of rotatable bonds is 7. The summed E-state index contributed by atoms with van der Waals surface area (Å²) in [6.07, 6.45) is 13.9. The van der Waals surface area contributed by atoms with Crippen LogP contribution in [0.2, 0.25) is 5.02 Å². The van der Waals surface area contributed by atoms with Crippen molar-refractivity contribution < 1.29 is 4.39 Å². The van der Waals surface area contributed by atoms with E-state index >= 15 is 4.39 Å². The molecule has 1 aromatic carbocycles. The van der Waals surface area contributed by atoms with Gasteiger partial charge in [-0.1, -0.05) is 30.5 Å². The molecule has 0 radical (unpaired) electrons. The van der Waals surface area contributed by atoms with E-state index in [0.717, 1.165) is 23.2 Å². The van der Waals surface area contributed by atoms with Crippen LogP contribution in [0.5, 0.6) is 0 Å². The van der Waals surface area contributed by atoms with Crippen LogP contribution in [-0.2, 0) is 0 Å². The molecule has 0 aliphatic heterocycles. The van der Waals surface area contributed by atoms with E-state index in [-0.39, 0.29) is 11.1 Å². The Balaban J connectivity index is 1.36. The molecule has 1 fully saturated rings. The van der Waals surface area contributed by atoms with Gasteiger partial charge in [0.25, 0.3) is 0 Å². The highest BCUT2D eigenvalue weighted by atomic mass is 35.5. The maximum absolute atomic E-state index is 15.1. The summed E-state index contributed by atoms with van der Waals surface area (Å²) >= 11 is 6.10. The van der Waals surface area contributed by atoms with Crippen molar-refractivity contribution in [3.63, 3.8) is 0 Å². The summed E-state index contributed by atoms with van der Waals surface area (Å²) in [5, 5.41) is 15.9. The second-order valence-electron chi connectivity index (χ2n) is 8.62. The lowest BCUT2D eigenvalue weighted by Crippen LogP contribution is -2.13. The largest absolute Gasteiger partial charge is 0.265 e. The number of tetrazole rings is 1. The fourth-order valence-electron chi connectivity index (χ4n) is 4.26. The standard InChI is InChI=1S/C25H20ClFN8/c26-20-4-6-22(35-15-30-32-33-35)24(25(20)27)18-3-5-21(29-12-18)23(11-16-1-2-16)34-14-19(13-31-34)17-7-9-28-10-8-17/h3-10,12-16,23H,1-2,11H2. The molecule has 0 bridgehead atoms. The molecule has 5 aromatic rings. The Labute approximate surface area is 205 Å². The molecule has 1 saturated carbocycles. The maximum atomic E-state index is 15.1. The van der Waals surface area contributed by atoms with Gasteiger partial charge in [0, 0.05) is 41.5 Å². The van der Waals surface area contributed by atoms with Gasteiger partial charge in [0.15, 0.2) is 5.82 Å². The van der Waals surface area contributed by atoms with Gasteiger partial charge in [0.05, 0.1) is 28.6 Å². The first-order valence-corrected chi connectivity index (χ1v) is 11.7. The van der Waals surface area contributed by atoms with Crippen molar-refractivity contribution >= 4 is 11.6 Å². The van der Waals surface area contributed by atoms with Gasteiger partial charge < -0.3 is 0 Å². The fraction of sp³-hybridized carbons (Fsp3) is 0.200. The Morgan fingerprint density at radius 2 is 1.86 bits per heavy atom. The summed E-state index contributed by atoms with van der Waals surface area (Å²) in [6, 6.07) is 10.9. The van der Waals surface area contributed by atoms with Gasteiger partial charge >= 0.3 is 0 Å². The normalized spacial score (nSPS) is 14.2. The Bertz CT molecular complexity index is 1450. The smallest absolute Gasteiger partial charge is 0.151 e. The van der Waals surface area contributed by atoms with Gasteiger partial charge in [0.1, 0.15) is 6.33 Å². The zero-order valence-corrected chi connectivity index (χ0v) is 19.3. The molecule has 35 heavy (non-hydrogen) atoms. The lowest BCUT2D eigenvalue weighted by molar-refractivity contribution is 0.455. The van der Waals surface area contributed by atoms with Crippen LogP contribution in [0.4, 0.5) is 4.39 Å². The summed E-state index contributed by atoms with van der Waals surface area (Å²) in [5.74, 6) is 0.115. The van der Waals surface area contributed by atoms with Crippen LogP contribution in [0.25, 0.3) is 27.9 Å². The Morgan fingerprint density at radius 3 is 2.57 bits per heavy atom. The third-order valence-corrected chi connectivity index (χ3v) is 6.57. The fourth-order valence-corrected chi connectivity index (χ4v) is 4.42. The number of benzene rings is 1. The van der Waals surface area contributed by atoms with Crippen molar-refractivity contribution in [3.8, 4) is 27.9 Å². The van der Waals surface area contributed by atoms with Crippen LogP contribution in [0.15, 0.2) is 73.7 Å². The van der Waals surface area contributed by atoms with E-state index in [1.54, 1.807) is 24.7 Å². The van der Waals surface area contributed by atoms with Gasteiger partial charge in [-0.3, -0.25) is 14.6 Å². The average molecular weight is 487 g/mol. The SMILES string of the molecule is Fc1c(Cl)ccc(-n2cnnn2)c1-c1ccc(C(CC2CC2)n2cc(-c3ccncc3)cn2)nc1. The Hall–Kier alpha value is -3.98. The molecule has 10 heteroatoms. The molecule has 0 N–H and O–H groups in total. The lowest BCUT2D eigenvalue weighted by atomic mass is 10.0. The van der Waals surface area contributed by atoms with Crippen molar-refractivity contribution in [1.29, 1.82) is 0 Å². The molecule has 1 aliphatic rings. The summed E-state index contributed by atoms with van der Waals surface area (Å²) in [6.45, 7) is 0. The third kappa shape index (κ3) is 4.30. The first-order valence-electron chi connectivity index (χ1n) is 11.3. The van der Waals surface area contributed by atoms with Crippen molar-refractivity contribution in [3.05, 3.63) is 90.2 Å². The van der Waals surface area contributed by atoms with Gasteiger partial charge in [-0.25, -0.2) is 4.39 Å². The van der Waals surface area contributed by atoms with E-state index in [0.29, 0.717) is 22.7 Å².